The van der Waals surface area contributed by atoms with Gasteiger partial charge in [-0.05, 0) is 36.8 Å². The summed E-state index contributed by atoms with van der Waals surface area (Å²) in [6.07, 6.45) is 0. The standard InChI is InChI=1S/C14H10BrNOS/c1-8-3-2-4-10(13(8)17)14-16-11-6-5-9(15)7-12(11)18-14/h2-7,17H,1H3. The SMILES string of the molecule is Cc1cccc(-c2nc3ccc(Br)cc3s2)c1O. The summed E-state index contributed by atoms with van der Waals surface area (Å²) in [7, 11) is 0. The first-order chi connectivity index (χ1) is 8.65. The lowest BCUT2D eigenvalue weighted by Gasteiger charge is -2.02. The third-order valence-electron chi connectivity index (χ3n) is 2.82. The Balaban J connectivity index is 2.22. The highest BCUT2D eigenvalue weighted by molar-refractivity contribution is 9.10. The minimum absolute atomic E-state index is 0.315. The predicted octanol–water partition coefficient (Wildman–Crippen LogP) is 4.74. The molecule has 0 spiro atoms. The van der Waals surface area contributed by atoms with Gasteiger partial charge in [-0.3, -0.25) is 0 Å². The molecule has 2 nitrogen and oxygen atoms in total. The van der Waals surface area contributed by atoms with Gasteiger partial charge in [0, 0.05) is 4.47 Å². The van der Waals surface area contributed by atoms with Crippen molar-refractivity contribution in [2.24, 2.45) is 0 Å². The maximum absolute atomic E-state index is 10.1. The van der Waals surface area contributed by atoms with Crippen LogP contribution in [0.5, 0.6) is 5.75 Å². The van der Waals surface area contributed by atoms with Gasteiger partial charge >= 0.3 is 0 Å². The molecule has 4 heteroatoms. The molecular weight excluding hydrogens is 310 g/mol. The molecule has 2 aromatic carbocycles. The molecule has 18 heavy (non-hydrogen) atoms. The largest absolute Gasteiger partial charge is 0.507 e. The monoisotopic (exact) mass is 319 g/mol. The molecule has 90 valence electrons. The van der Waals surface area contributed by atoms with Crippen molar-refractivity contribution in [1.82, 2.24) is 4.98 Å². The first kappa shape index (κ1) is 11.7. The minimum Gasteiger partial charge on any atom is -0.507 e. The van der Waals surface area contributed by atoms with Crippen LogP contribution in [0.3, 0.4) is 0 Å². The van der Waals surface area contributed by atoms with Crippen molar-refractivity contribution in [3.63, 3.8) is 0 Å². The van der Waals surface area contributed by atoms with Crippen LogP contribution < -0.4 is 0 Å². The van der Waals surface area contributed by atoms with E-state index in [1.54, 1.807) is 11.3 Å². The quantitative estimate of drug-likeness (QED) is 0.702. The van der Waals surface area contributed by atoms with E-state index < -0.39 is 0 Å². The average Bonchev–Trinajstić information content (AvgIpc) is 2.75. The summed E-state index contributed by atoms with van der Waals surface area (Å²) in [5, 5.41) is 10.9. The number of rotatable bonds is 1. The number of benzene rings is 2. The smallest absolute Gasteiger partial charge is 0.128 e. The number of nitrogens with zero attached hydrogens (tertiary/aromatic N) is 1. The molecule has 0 aliphatic carbocycles. The highest BCUT2D eigenvalue weighted by Crippen LogP contribution is 2.37. The fourth-order valence-electron chi connectivity index (χ4n) is 1.85. The summed E-state index contributed by atoms with van der Waals surface area (Å²) in [5.74, 6) is 0.315. The molecule has 1 N–H and O–H groups in total. The van der Waals surface area contributed by atoms with Crippen LogP contribution in [-0.4, -0.2) is 10.1 Å². The van der Waals surface area contributed by atoms with E-state index in [0.29, 0.717) is 5.75 Å². The Morgan fingerprint density at radius 2 is 2.06 bits per heavy atom. The van der Waals surface area contributed by atoms with Crippen molar-refractivity contribution < 1.29 is 5.11 Å². The molecule has 1 heterocycles. The summed E-state index contributed by atoms with van der Waals surface area (Å²) in [4.78, 5) is 4.56. The number of thiazole rings is 1. The van der Waals surface area contributed by atoms with E-state index in [9.17, 15) is 5.11 Å². The molecule has 0 fully saturated rings. The first-order valence-electron chi connectivity index (χ1n) is 5.50. The molecule has 0 amide bonds. The number of hydrogen-bond donors (Lipinski definition) is 1. The number of phenols is 1. The number of para-hydroxylation sites is 1. The van der Waals surface area contributed by atoms with E-state index in [2.05, 4.69) is 20.9 Å². The summed E-state index contributed by atoms with van der Waals surface area (Å²) in [6.45, 7) is 1.89. The fourth-order valence-corrected chi connectivity index (χ4v) is 3.39. The molecule has 3 aromatic rings. The lowest BCUT2D eigenvalue weighted by atomic mass is 10.1. The topological polar surface area (TPSA) is 33.1 Å². The summed E-state index contributed by atoms with van der Waals surface area (Å²) >= 11 is 5.04. The number of aromatic nitrogens is 1. The Hall–Kier alpha value is -1.39. The van der Waals surface area contributed by atoms with E-state index in [4.69, 9.17) is 0 Å². The van der Waals surface area contributed by atoms with Crippen LogP contribution in [0, 0.1) is 6.92 Å². The molecule has 0 saturated carbocycles. The zero-order valence-electron chi connectivity index (χ0n) is 9.64. The van der Waals surface area contributed by atoms with Crippen LogP contribution >= 0.6 is 27.3 Å². The highest BCUT2D eigenvalue weighted by atomic mass is 79.9. The van der Waals surface area contributed by atoms with Gasteiger partial charge in [-0.2, -0.15) is 0 Å². The lowest BCUT2D eigenvalue weighted by Crippen LogP contribution is -1.80. The number of halogens is 1. The molecule has 0 radical (unpaired) electrons. The second-order valence-electron chi connectivity index (χ2n) is 4.10. The van der Waals surface area contributed by atoms with Crippen LogP contribution in [-0.2, 0) is 0 Å². The van der Waals surface area contributed by atoms with Crippen molar-refractivity contribution in [2.75, 3.05) is 0 Å². The Morgan fingerprint density at radius 3 is 2.89 bits per heavy atom. The maximum atomic E-state index is 10.1. The summed E-state index contributed by atoms with van der Waals surface area (Å²) in [6, 6.07) is 11.7. The van der Waals surface area contributed by atoms with Crippen molar-refractivity contribution in [2.45, 2.75) is 6.92 Å². The third-order valence-corrected chi connectivity index (χ3v) is 4.36. The third kappa shape index (κ3) is 1.91. The zero-order valence-corrected chi connectivity index (χ0v) is 12.0. The molecule has 3 rings (SSSR count). The van der Waals surface area contributed by atoms with Crippen LogP contribution in [0.15, 0.2) is 40.9 Å². The summed E-state index contributed by atoms with van der Waals surface area (Å²) < 4.78 is 2.15. The predicted molar refractivity (Wildman–Crippen MR) is 79.2 cm³/mol. The summed E-state index contributed by atoms with van der Waals surface area (Å²) in [5.41, 5.74) is 2.62. The normalized spacial score (nSPS) is 11.0. The van der Waals surface area contributed by atoms with Gasteiger partial charge in [-0.1, -0.05) is 28.1 Å². The molecule has 0 saturated heterocycles. The molecule has 0 unspecified atom stereocenters. The molecule has 0 aliphatic rings. The lowest BCUT2D eigenvalue weighted by molar-refractivity contribution is 0.473. The molecular formula is C14H10BrNOS. The first-order valence-corrected chi connectivity index (χ1v) is 7.11. The van der Waals surface area contributed by atoms with Gasteiger partial charge in [0.2, 0.25) is 0 Å². The molecule has 0 bridgehead atoms. The van der Waals surface area contributed by atoms with Gasteiger partial charge < -0.3 is 5.11 Å². The Morgan fingerprint density at radius 1 is 1.22 bits per heavy atom. The van der Waals surface area contributed by atoms with Gasteiger partial charge in [-0.15, -0.1) is 11.3 Å². The van der Waals surface area contributed by atoms with E-state index in [1.807, 2.05) is 43.3 Å². The van der Waals surface area contributed by atoms with Crippen LogP contribution in [0.4, 0.5) is 0 Å². The average molecular weight is 320 g/mol. The van der Waals surface area contributed by atoms with Gasteiger partial charge in [0.15, 0.2) is 0 Å². The second kappa shape index (κ2) is 4.37. The Bertz CT molecular complexity index is 736. The number of fused-ring (bicyclic) bond motifs is 1. The van der Waals surface area contributed by atoms with Gasteiger partial charge in [0.25, 0.3) is 0 Å². The number of aryl methyl sites for hydroxylation is 1. The van der Waals surface area contributed by atoms with Crippen molar-refractivity contribution in [3.05, 3.63) is 46.4 Å². The van der Waals surface area contributed by atoms with Crippen molar-refractivity contribution in [1.29, 1.82) is 0 Å². The van der Waals surface area contributed by atoms with Crippen molar-refractivity contribution >= 4 is 37.5 Å². The fraction of sp³-hybridized carbons (Fsp3) is 0.0714. The van der Waals surface area contributed by atoms with Crippen LogP contribution in [0.1, 0.15) is 5.56 Å². The van der Waals surface area contributed by atoms with Gasteiger partial charge in [0.1, 0.15) is 10.8 Å². The maximum Gasteiger partial charge on any atom is 0.128 e. The van der Waals surface area contributed by atoms with Gasteiger partial charge in [-0.25, -0.2) is 4.98 Å². The van der Waals surface area contributed by atoms with E-state index in [0.717, 1.165) is 30.8 Å². The van der Waals surface area contributed by atoms with E-state index in [1.165, 1.54) is 0 Å². The Labute approximate surface area is 117 Å². The van der Waals surface area contributed by atoms with Crippen LogP contribution in [0.25, 0.3) is 20.8 Å². The van der Waals surface area contributed by atoms with Gasteiger partial charge in [0.05, 0.1) is 15.8 Å². The molecule has 0 atom stereocenters. The van der Waals surface area contributed by atoms with Crippen molar-refractivity contribution in [3.8, 4) is 16.3 Å². The van der Waals surface area contributed by atoms with E-state index in [-0.39, 0.29) is 0 Å². The molecule has 0 aliphatic heterocycles. The number of phenolic OH excluding ortho intramolecular Hbond substituents is 1. The zero-order chi connectivity index (χ0) is 12.7. The minimum atomic E-state index is 0.315. The number of hydrogen-bond acceptors (Lipinski definition) is 3. The van der Waals surface area contributed by atoms with E-state index >= 15 is 0 Å². The van der Waals surface area contributed by atoms with Crippen LogP contribution in [0.2, 0.25) is 0 Å². The molecule has 1 aromatic heterocycles. The number of aromatic hydroxyl groups is 1. The highest BCUT2D eigenvalue weighted by Gasteiger charge is 2.11. The Kier molecular flexibility index (Phi) is 2.84. The second-order valence-corrected chi connectivity index (χ2v) is 6.05.